The molecule has 0 unspecified atom stereocenters. The maximum atomic E-state index is 11.8. The van der Waals surface area contributed by atoms with Crippen LogP contribution in [-0.4, -0.2) is 11.6 Å². The van der Waals surface area contributed by atoms with Gasteiger partial charge in [0.15, 0.2) is 6.29 Å². The van der Waals surface area contributed by atoms with Crippen molar-refractivity contribution < 1.29 is 4.79 Å². The first-order valence-corrected chi connectivity index (χ1v) is 8.01. The summed E-state index contributed by atoms with van der Waals surface area (Å²) in [6.07, 6.45) is 0.893. The molecular weight excluding hydrogens is 299 g/mol. The molecule has 2 heteroatoms. The highest BCUT2D eigenvalue weighted by Gasteiger charge is 2.39. The fraction of sp³-hybridized carbons (Fsp3) is 0.0476. The van der Waals surface area contributed by atoms with Crippen molar-refractivity contribution in [1.82, 2.24) is 0 Å². The predicted molar refractivity (Wildman–Crippen MR) is 98.6 cm³/mol. The van der Waals surface area contributed by atoms with Crippen LogP contribution in [0.5, 0.6) is 0 Å². The number of hydrogen-bond donors (Lipinski definition) is 0. The van der Waals surface area contributed by atoms with Gasteiger partial charge in [0, 0.05) is 5.29 Å². The van der Waals surface area contributed by atoms with Gasteiger partial charge in [-0.15, -0.1) is 8.86 Å². The van der Waals surface area contributed by atoms with Gasteiger partial charge >= 0.3 is 0 Å². The third-order valence-electron chi connectivity index (χ3n) is 4.14. The van der Waals surface area contributed by atoms with Gasteiger partial charge in [0.25, 0.3) is 0 Å². The molecule has 0 aliphatic rings. The number of benzene rings is 3. The molecule has 0 bridgehead atoms. The molecule has 3 rings (SSSR count). The third kappa shape index (κ3) is 2.65. The molecule has 0 heterocycles. The standard InChI is InChI=1S/C21H17OP/c22-16-20(23)21(17-10-4-1-5-11-17,18-12-6-2-7-13-18)19-14-8-3-9-15-19/h1-16,23H. The fourth-order valence-electron chi connectivity index (χ4n) is 3.12. The summed E-state index contributed by atoms with van der Waals surface area (Å²) in [6, 6.07) is 30.3. The molecule has 0 spiro atoms. The van der Waals surface area contributed by atoms with Crippen LogP contribution in [0, 0.1) is 0 Å². The first-order valence-electron chi connectivity index (χ1n) is 7.51. The SMILES string of the molecule is O=CC(=P)C(c1ccccc1)(c1ccccc1)c1ccccc1. The molecule has 23 heavy (non-hydrogen) atoms. The van der Waals surface area contributed by atoms with Gasteiger partial charge in [-0.2, -0.15) is 0 Å². The molecule has 0 atom stereocenters. The van der Waals surface area contributed by atoms with E-state index in [0.29, 0.717) is 5.29 Å². The van der Waals surface area contributed by atoms with Crippen molar-refractivity contribution in [2.24, 2.45) is 0 Å². The van der Waals surface area contributed by atoms with Gasteiger partial charge in [0.2, 0.25) is 0 Å². The molecule has 1 nitrogen and oxygen atoms in total. The van der Waals surface area contributed by atoms with Crippen LogP contribution in [0.3, 0.4) is 0 Å². The van der Waals surface area contributed by atoms with Crippen molar-refractivity contribution in [3.8, 4) is 0 Å². The molecule has 112 valence electrons. The van der Waals surface area contributed by atoms with Gasteiger partial charge in [-0.3, -0.25) is 4.79 Å². The summed E-state index contributed by atoms with van der Waals surface area (Å²) < 4.78 is 0. The zero-order valence-electron chi connectivity index (χ0n) is 12.6. The Hall–Kier alpha value is -2.50. The Labute approximate surface area is 138 Å². The Balaban J connectivity index is 2.40. The lowest BCUT2D eigenvalue weighted by Gasteiger charge is -2.35. The molecular formula is C21H17OP. The molecule has 3 aromatic rings. The highest BCUT2D eigenvalue weighted by Crippen LogP contribution is 2.40. The van der Waals surface area contributed by atoms with Gasteiger partial charge < -0.3 is 0 Å². The molecule has 0 amide bonds. The van der Waals surface area contributed by atoms with Crippen LogP contribution in [0.25, 0.3) is 0 Å². The van der Waals surface area contributed by atoms with Crippen molar-refractivity contribution in [2.45, 2.75) is 5.41 Å². The predicted octanol–water partition coefficient (Wildman–Crippen LogP) is 4.54. The quantitative estimate of drug-likeness (QED) is 0.384. The van der Waals surface area contributed by atoms with Gasteiger partial charge in [-0.25, -0.2) is 0 Å². The Bertz CT molecular complexity index is 698. The molecule has 0 aliphatic heterocycles. The summed E-state index contributed by atoms with van der Waals surface area (Å²) in [4.78, 5) is 11.8. The van der Waals surface area contributed by atoms with Gasteiger partial charge in [0.1, 0.15) is 0 Å². The van der Waals surface area contributed by atoms with Gasteiger partial charge in [0.05, 0.1) is 5.41 Å². The van der Waals surface area contributed by atoms with Crippen LogP contribution >= 0.6 is 8.86 Å². The summed E-state index contributed by atoms with van der Waals surface area (Å²) >= 11 is 0. The summed E-state index contributed by atoms with van der Waals surface area (Å²) in [7, 11) is 3.62. The molecule has 0 radical (unpaired) electrons. The fourth-order valence-corrected chi connectivity index (χ4v) is 3.55. The molecule has 0 aliphatic carbocycles. The molecule has 0 saturated heterocycles. The number of carbonyl (C=O) groups excluding carboxylic acids is 1. The van der Waals surface area contributed by atoms with E-state index in [-0.39, 0.29) is 0 Å². The normalized spacial score (nSPS) is 11.0. The third-order valence-corrected chi connectivity index (χ3v) is 4.64. The number of aldehydes is 1. The summed E-state index contributed by atoms with van der Waals surface area (Å²) in [5.74, 6) is 0. The van der Waals surface area contributed by atoms with Crippen molar-refractivity contribution >= 4 is 20.4 Å². The highest BCUT2D eigenvalue weighted by atomic mass is 31.0. The molecule has 0 fully saturated rings. The molecule has 3 aromatic carbocycles. The van der Waals surface area contributed by atoms with E-state index in [1.165, 1.54) is 0 Å². The van der Waals surface area contributed by atoms with Gasteiger partial charge in [-0.1, -0.05) is 91.0 Å². The van der Waals surface area contributed by atoms with E-state index in [1.807, 2.05) is 54.6 Å². The number of carbonyl (C=O) groups is 1. The summed E-state index contributed by atoms with van der Waals surface area (Å²) in [6.45, 7) is 0. The van der Waals surface area contributed by atoms with Crippen molar-refractivity contribution in [1.29, 1.82) is 0 Å². The van der Waals surface area contributed by atoms with Crippen LogP contribution in [0.1, 0.15) is 16.7 Å². The molecule has 0 aromatic heterocycles. The van der Waals surface area contributed by atoms with E-state index in [2.05, 4.69) is 45.3 Å². The lowest BCUT2D eigenvalue weighted by molar-refractivity contribution is -0.102. The zero-order valence-corrected chi connectivity index (χ0v) is 13.6. The van der Waals surface area contributed by atoms with E-state index < -0.39 is 5.41 Å². The smallest absolute Gasteiger partial charge is 0.151 e. The van der Waals surface area contributed by atoms with Crippen LogP contribution in [-0.2, 0) is 10.2 Å². The van der Waals surface area contributed by atoms with E-state index >= 15 is 0 Å². The molecule has 0 saturated carbocycles. The van der Waals surface area contributed by atoms with E-state index in [4.69, 9.17) is 0 Å². The lowest BCUT2D eigenvalue weighted by atomic mass is 9.67. The zero-order chi connectivity index (χ0) is 16.1. The van der Waals surface area contributed by atoms with Crippen molar-refractivity contribution in [3.63, 3.8) is 0 Å². The Morgan fingerprint density at radius 2 is 0.957 bits per heavy atom. The average Bonchev–Trinajstić information content (AvgIpc) is 2.65. The minimum Gasteiger partial charge on any atom is -0.298 e. The van der Waals surface area contributed by atoms with E-state index in [9.17, 15) is 4.79 Å². The van der Waals surface area contributed by atoms with Crippen molar-refractivity contribution in [2.75, 3.05) is 0 Å². The number of rotatable bonds is 5. The summed E-state index contributed by atoms with van der Waals surface area (Å²) in [5, 5.41) is 0.584. The monoisotopic (exact) mass is 316 g/mol. The first kappa shape index (κ1) is 15.4. The van der Waals surface area contributed by atoms with Crippen LogP contribution in [0.4, 0.5) is 0 Å². The minimum absolute atomic E-state index is 0.584. The second-order valence-corrected chi connectivity index (χ2v) is 5.92. The van der Waals surface area contributed by atoms with Crippen LogP contribution in [0.2, 0.25) is 0 Å². The Morgan fingerprint density at radius 3 is 1.22 bits per heavy atom. The maximum Gasteiger partial charge on any atom is 0.151 e. The van der Waals surface area contributed by atoms with Crippen molar-refractivity contribution in [3.05, 3.63) is 108 Å². The lowest BCUT2D eigenvalue weighted by Crippen LogP contribution is -2.38. The Morgan fingerprint density at radius 1 is 0.652 bits per heavy atom. The minimum atomic E-state index is -0.650. The summed E-state index contributed by atoms with van der Waals surface area (Å²) in [5.41, 5.74) is 2.50. The highest BCUT2D eigenvalue weighted by molar-refractivity contribution is 7.25. The van der Waals surface area contributed by atoms with E-state index in [0.717, 1.165) is 23.0 Å². The maximum absolute atomic E-state index is 11.8. The second-order valence-electron chi connectivity index (χ2n) is 5.38. The first-order chi connectivity index (χ1) is 11.3. The van der Waals surface area contributed by atoms with Gasteiger partial charge in [-0.05, 0) is 16.7 Å². The second kappa shape index (κ2) is 6.73. The van der Waals surface area contributed by atoms with E-state index in [1.54, 1.807) is 0 Å². The average molecular weight is 316 g/mol. The van der Waals surface area contributed by atoms with Crippen LogP contribution in [0.15, 0.2) is 91.0 Å². The Kier molecular flexibility index (Phi) is 4.50. The molecule has 0 N–H and O–H groups in total. The largest absolute Gasteiger partial charge is 0.298 e. The topological polar surface area (TPSA) is 17.1 Å². The number of hydrogen-bond acceptors (Lipinski definition) is 1. The van der Waals surface area contributed by atoms with Crippen LogP contribution < -0.4 is 0 Å².